The summed E-state index contributed by atoms with van der Waals surface area (Å²) < 4.78 is 0. The van der Waals surface area contributed by atoms with Gasteiger partial charge in [-0.05, 0) is 23.6 Å². The summed E-state index contributed by atoms with van der Waals surface area (Å²) in [6.45, 7) is 0. The molecule has 2 aromatic heterocycles. The third-order valence-corrected chi connectivity index (χ3v) is 2.65. The maximum atomic E-state index is 5.65. The van der Waals surface area contributed by atoms with Gasteiger partial charge in [-0.1, -0.05) is 6.07 Å². The molecule has 2 aromatic rings. The Kier molecular flexibility index (Phi) is 2.27. The molecule has 0 unspecified atom stereocenters. The number of aromatic nitrogens is 1. The lowest BCUT2D eigenvalue weighted by Gasteiger charge is -1.98. The van der Waals surface area contributed by atoms with Crippen LogP contribution in [0.25, 0.3) is 0 Å². The largest absolute Gasteiger partial charge is 0.399 e. The Balaban J connectivity index is 2.19. The van der Waals surface area contributed by atoms with Gasteiger partial charge in [-0.3, -0.25) is 4.98 Å². The van der Waals surface area contributed by atoms with Crippen molar-refractivity contribution < 1.29 is 0 Å². The summed E-state index contributed by atoms with van der Waals surface area (Å²) in [5.74, 6) is 0. The van der Waals surface area contributed by atoms with Crippen LogP contribution in [0.1, 0.15) is 10.6 Å². The predicted molar refractivity (Wildman–Crippen MR) is 55.8 cm³/mol. The van der Waals surface area contributed by atoms with E-state index in [4.69, 9.17) is 5.73 Å². The van der Waals surface area contributed by atoms with Crippen LogP contribution in [0, 0.1) is 0 Å². The molecule has 0 aliphatic heterocycles. The lowest BCUT2D eigenvalue weighted by atomic mass is 10.2. The summed E-state index contributed by atoms with van der Waals surface area (Å²) in [6, 6.07) is 7.87. The van der Waals surface area contributed by atoms with E-state index in [9.17, 15) is 0 Å². The van der Waals surface area contributed by atoms with Gasteiger partial charge in [-0.2, -0.15) is 0 Å². The lowest BCUT2D eigenvalue weighted by Crippen LogP contribution is -1.92. The third kappa shape index (κ3) is 2.06. The van der Waals surface area contributed by atoms with Crippen LogP contribution in [-0.2, 0) is 6.42 Å². The van der Waals surface area contributed by atoms with Gasteiger partial charge in [0.05, 0.1) is 0 Å². The fraction of sp³-hybridized carbons (Fsp3) is 0.100. The minimum Gasteiger partial charge on any atom is -0.399 e. The normalized spacial score (nSPS) is 10.2. The van der Waals surface area contributed by atoms with Crippen molar-refractivity contribution >= 4 is 17.0 Å². The summed E-state index contributed by atoms with van der Waals surface area (Å²) in [5, 5.41) is 2.07. The maximum Gasteiger partial charge on any atom is 0.0476 e. The Labute approximate surface area is 81.1 Å². The summed E-state index contributed by atoms with van der Waals surface area (Å²) in [6.07, 6.45) is 2.63. The fourth-order valence-corrected chi connectivity index (χ4v) is 1.91. The molecule has 0 amide bonds. The number of thiophene rings is 1. The minimum absolute atomic E-state index is 0.779. The van der Waals surface area contributed by atoms with Gasteiger partial charge in [0.2, 0.25) is 0 Å². The SMILES string of the molecule is Nc1ccnc(Cc2cccs2)c1. The maximum absolute atomic E-state index is 5.65. The van der Waals surface area contributed by atoms with Gasteiger partial charge in [0.15, 0.2) is 0 Å². The molecule has 0 saturated carbocycles. The first kappa shape index (κ1) is 8.26. The molecule has 0 saturated heterocycles. The Morgan fingerprint density at radius 3 is 3.00 bits per heavy atom. The van der Waals surface area contributed by atoms with Gasteiger partial charge in [0, 0.05) is 28.9 Å². The van der Waals surface area contributed by atoms with Crippen LogP contribution < -0.4 is 5.73 Å². The minimum atomic E-state index is 0.779. The van der Waals surface area contributed by atoms with Crippen molar-refractivity contribution in [3.63, 3.8) is 0 Å². The molecule has 2 nitrogen and oxygen atoms in total. The van der Waals surface area contributed by atoms with Gasteiger partial charge in [0.1, 0.15) is 0 Å². The first-order chi connectivity index (χ1) is 6.34. The van der Waals surface area contributed by atoms with Crippen LogP contribution in [0.5, 0.6) is 0 Å². The molecule has 3 heteroatoms. The smallest absolute Gasteiger partial charge is 0.0476 e. The quantitative estimate of drug-likeness (QED) is 0.789. The number of nitrogens with two attached hydrogens (primary N) is 1. The first-order valence-electron chi connectivity index (χ1n) is 4.07. The molecule has 2 N–H and O–H groups in total. The molecule has 0 radical (unpaired) electrons. The molecule has 0 atom stereocenters. The highest BCUT2D eigenvalue weighted by atomic mass is 32.1. The van der Waals surface area contributed by atoms with E-state index in [1.807, 2.05) is 12.1 Å². The number of anilines is 1. The van der Waals surface area contributed by atoms with Crippen LogP contribution >= 0.6 is 11.3 Å². The van der Waals surface area contributed by atoms with Gasteiger partial charge >= 0.3 is 0 Å². The fourth-order valence-electron chi connectivity index (χ4n) is 1.19. The highest BCUT2D eigenvalue weighted by Crippen LogP contribution is 2.14. The number of rotatable bonds is 2. The Bertz CT molecular complexity index is 382. The number of hydrogen-bond donors (Lipinski definition) is 1. The molecule has 13 heavy (non-hydrogen) atoms. The monoisotopic (exact) mass is 190 g/mol. The van der Waals surface area contributed by atoms with Crippen molar-refractivity contribution in [2.45, 2.75) is 6.42 Å². The Morgan fingerprint density at radius 1 is 1.38 bits per heavy atom. The van der Waals surface area contributed by atoms with Crippen molar-refractivity contribution in [3.05, 3.63) is 46.4 Å². The molecule has 2 heterocycles. The zero-order valence-corrected chi connectivity index (χ0v) is 7.92. The molecule has 0 spiro atoms. The summed E-state index contributed by atoms with van der Waals surface area (Å²) in [7, 11) is 0. The van der Waals surface area contributed by atoms with Crippen LogP contribution in [0.2, 0.25) is 0 Å². The lowest BCUT2D eigenvalue weighted by molar-refractivity contribution is 1.10. The molecule has 0 fully saturated rings. The van der Waals surface area contributed by atoms with E-state index in [1.165, 1.54) is 4.88 Å². The number of nitrogen functional groups attached to an aromatic ring is 1. The van der Waals surface area contributed by atoms with Crippen LogP contribution in [0.4, 0.5) is 5.69 Å². The second-order valence-corrected chi connectivity index (χ2v) is 3.87. The molecule has 0 aliphatic carbocycles. The van der Waals surface area contributed by atoms with Crippen molar-refractivity contribution in [2.75, 3.05) is 5.73 Å². The summed E-state index contributed by atoms with van der Waals surface area (Å²) in [5.41, 5.74) is 7.46. The highest BCUT2D eigenvalue weighted by molar-refractivity contribution is 7.09. The van der Waals surface area contributed by atoms with E-state index in [2.05, 4.69) is 16.4 Å². The van der Waals surface area contributed by atoms with Crippen molar-refractivity contribution in [1.82, 2.24) is 4.98 Å². The molecule has 66 valence electrons. The molecule has 0 aliphatic rings. The predicted octanol–water partition coefficient (Wildman–Crippen LogP) is 2.32. The van der Waals surface area contributed by atoms with Crippen LogP contribution in [-0.4, -0.2) is 4.98 Å². The van der Waals surface area contributed by atoms with E-state index in [0.29, 0.717) is 0 Å². The second kappa shape index (κ2) is 3.58. The van der Waals surface area contributed by atoms with Gasteiger partial charge in [-0.15, -0.1) is 11.3 Å². The van der Waals surface area contributed by atoms with Crippen molar-refractivity contribution in [3.8, 4) is 0 Å². The van der Waals surface area contributed by atoms with Crippen LogP contribution in [0.3, 0.4) is 0 Å². The average molecular weight is 190 g/mol. The van der Waals surface area contributed by atoms with E-state index < -0.39 is 0 Å². The second-order valence-electron chi connectivity index (χ2n) is 2.84. The van der Waals surface area contributed by atoms with Crippen LogP contribution in [0.15, 0.2) is 35.8 Å². The van der Waals surface area contributed by atoms with Gasteiger partial charge in [0.25, 0.3) is 0 Å². The standard InChI is InChI=1S/C10H10N2S/c11-8-3-4-12-9(6-8)7-10-2-1-5-13-10/h1-6H,7H2,(H2,11,12). The van der Waals surface area contributed by atoms with E-state index >= 15 is 0 Å². The molecule has 2 rings (SSSR count). The molecule has 0 aromatic carbocycles. The van der Waals surface area contributed by atoms with E-state index in [-0.39, 0.29) is 0 Å². The zero-order chi connectivity index (χ0) is 9.10. The van der Waals surface area contributed by atoms with Gasteiger partial charge < -0.3 is 5.73 Å². The number of pyridine rings is 1. The Hall–Kier alpha value is -1.35. The third-order valence-electron chi connectivity index (χ3n) is 1.78. The topological polar surface area (TPSA) is 38.9 Å². The number of hydrogen-bond acceptors (Lipinski definition) is 3. The number of nitrogens with zero attached hydrogens (tertiary/aromatic N) is 1. The van der Waals surface area contributed by atoms with Crippen molar-refractivity contribution in [2.24, 2.45) is 0 Å². The van der Waals surface area contributed by atoms with Crippen molar-refractivity contribution in [1.29, 1.82) is 0 Å². The molecule has 0 bridgehead atoms. The van der Waals surface area contributed by atoms with E-state index in [0.717, 1.165) is 17.8 Å². The summed E-state index contributed by atoms with van der Waals surface area (Å²) >= 11 is 1.74. The average Bonchev–Trinajstić information content (AvgIpc) is 2.57. The zero-order valence-electron chi connectivity index (χ0n) is 7.10. The van der Waals surface area contributed by atoms with Gasteiger partial charge in [-0.25, -0.2) is 0 Å². The summed E-state index contributed by atoms with van der Waals surface area (Å²) in [4.78, 5) is 5.56. The first-order valence-corrected chi connectivity index (χ1v) is 4.95. The Morgan fingerprint density at radius 2 is 2.31 bits per heavy atom. The molecular formula is C10H10N2S. The highest BCUT2D eigenvalue weighted by Gasteiger charge is 1.98. The molecular weight excluding hydrogens is 180 g/mol. The van der Waals surface area contributed by atoms with E-state index in [1.54, 1.807) is 23.6 Å².